The number of halogens is 2. The molecule has 0 atom stereocenters. The topological polar surface area (TPSA) is 69.5 Å². The van der Waals surface area contributed by atoms with Crippen LogP contribution in [0.3, 0.4) is 0 Å². The molecule has 3 rings (SSSR count). The molecule has 0 saturated heterocycles. The fraction of sp³-hybridized carbons (Fsp3) is 0.118. The van der Waals surface area contributed by atoms with Crippen LogP contribution in [0.25, 0.3) is 10.8 Å². The first-order valence-corrected chi connectivity index (χ1v) is 7.65. The van der Waals surface area contributed by atoms with Crippen molar-refractivity contribution >= 4 is 26.7 Å². The summed E-state index contributed by atoms with van der Waals surface area (Å²) in [6, 6.07) is 9.77. The third-order valence-electron chi connectivity index (χ3n) is 3.75. The number of fused-ring (bicyclic) bond motifs is 1. The summed E-state index contributed by atoms with van der Waals surface area (Å²) >= 11 is 3.46. The molecule has 0 aliphatic heterocycles. The normalized spacial score (nSPS) is 10.7. The van der Waals surface area contributed by atoms with E-state index >= 15 is 0 Å². The van der Waals surface area contributed by atoms with Crippen LogP contribution in [-0.4, -0.2) is 10.2 Å². The van der Waals surface area contributed by atoms with Crippen LogP contribution in [0, 0.1) is 24.1 Å². The highest BCUT2D eigenvalue weighted by molar-refractivity contribution is 9.10. The summed E-state index contributed by atoms with van der Waals surface area (Å²) in [7, 11) is 0. The predicted molar refractivity (Wildman–Crippen MR) is 88.7 cm³/mol. The van der Waals surface area contributed by atoms with Gasteiger partial charge in [0, 0.05) is 16.3 Å². The Bertz CT molecular complexity index is 1020. The van der Waals surface area contributed by atoms with Crippen molar-refractivity contribution in [3.05, 3.63) is 73.4 Å². The molecule has 0 aliphatic rings. The van der Waals surface area contributed by atoms with Crippen molar-refractivity contribution in [2.24, 2.45) is 0 Å². The fourth-order valence-corrected chi connectivity index (χ4v) is 2.90. The van der Waals surface area contributed by atoms with E-state index in [2.05, 4.69) is 26.1 Å². The van der Waals surface area contributed by atoms with Gasteiger partial charge < -0.3 is 0 Å². The predicted octanol–water partition coefficient (Wildman–Crippen LogP) is 3.60. The maximum absolute atomic E-state index is 13.4. The molecule has 0 fully saturated rings. The van der Waals surface area contributed by atoms with Crippen molar-refractivity contribution in [1.82, 2.24) is 10.2 Å². The Kier molecular flexibility index (Phi) is 3.97. The molecule has 3 aromatic rings. The number of benzene rings is 2. The molecule has 114 valence electrons. The van der Waals surface area contributed by atoms with Crippen molar-refractivity contribution in [3.8, 4) is 6.07 Å². The third kappa shape index (κ3) is 2.76. The Morgan fingerprint density at radius 2 is 2.13 bits per heavy atom. The molecule has 1 aromatic heterocycles. The maximum atomic E-state index is 13.4. The quantitative estimate of drug-likeness (QED) is 0.748. The van der Waals surface area contributed by atoms with Crippen LogP contribution in [0.15, 0.2) is 39.6 Å². The zero-order chi connectivity index (χ0) is 16.6. The first kappa shape index (κ1) is 15.4. The second-order valence-electron chi connectivity index (χ2n) is 5.20. The molecule has 0 spiro atoms. The van der Waals surface area contributed by atoms with E-state index in [4.69, 9.17) is 5.26 Å². The lowest BCUT2D eigenvalue weighted by Gasteiger charge is -2.09. The van der Waals surface area contributed by atoms with E-state index < -0.39 is 5.82 Å². The monoisotopic (exact) mass is 371 g/mol. The van der Waals surface area contributed by atoms with Crippen molar-refractivity contribution in [2.75, 3.05) is 0 Å². The zero-order valence-electron chi connectivity index (χ0n) is 12.2. The summed E-state index contributed by atoms with van der Waals surface area (Å²) in [5, 5.41) is 16.9. The summed E-state index contributed by atoms with van der Waals surface area (Å²) in [5.41, 5.74) is 2.08. The van der Waals surface area contributed by atoms with Crippen LogP contribution >= 0.6 is 15.9 Å². The molecule has 0 saturated carbocycles. The largest absolute Gasteiger partial charge is 0.272 e. The molecule has 0 unspecified atom stereocenters. The molecule has 0 radical (unpaired) electrons. The van der Waals surface area contributed by atoms with Gasteiger partial charge in [-0.2, -0.15) is 10.4 Å². The van der Waals surface area contributed by atoms with Crippen LogP contribution in [0.5, 0.6) is 0 Å². The van der Waals surface area contributed by atoms with E-state index in [1.165, 1.54) is 12.1 Å². The minimum Gasteiger partial charge on any atom is -0.267 e. The average molecular weight is 372 g/mol. The van der Waals surface area contributed by atoms with Crippen molar-refractivity contribution in [1.29, 1.82) is 5.26 Å². The van der Waals surface area contributed by atoms with Crippen molar-refractivity contribution in [3.63, 3.8) is 0 Å². The number of aromatic nitrogens is 2. The number of rotatable bonds is 2. The van der Waals surface area contributed by atoms with E-state index in [1.807, 2.05) is 19.1 Å². The van der Waals surface area contributed by atoms with Gasteiger partial charge in [0.25, 0.3) is 5.56 Å². The minimum atomic E-state index is -0.547. The highest BCUT2D eigenvalue weighted by Gasteiger charge is 2.13. The van der Waals surface area contributed by atoms with Crippen molar-refractivity contribution < 1.29 is 4.39 Å². The van der Waals surface area contributed by atoms with Crippen LogP contribution in [0.2, 0.25) is 0 Å². The van der Waals surface area contributed by atoms with Gasteiger partial charge in [0.1, 0.15) is 11.9 Å². The molecular weight excluding hydrogens is 361 g/mol. The number of aryl methyl sites for hydroxylation is 1. The lowest BCUT2D eigenvalue weighted by molar-refractivity contribution is 0.623. The Morgan fingerprint density at radius 1 is 1.35 bits per heavy atom. The molecule has 0 bridgehead atoms. The Balaban J connectivity index is 2.18. The lowest BCUT2D eigenvalue weighted by Crippen LogP contribution is -2.12. The van der Waals surface area contributed by atoms with Gasteiger partial charge >= 0.3 is 0 Å². The number of nitrogens with one attached hydrogen (secondary N) is 1. The van der Waals surface area contributed by atoms with E-state index in [0.717, 1.165) is 21.0 Å². The number of nitrogens with zero attached hydrogens (tertiary/aromatic N) is 2. The van der Waals surface area contributed by atoms with Crippen LogP contribution in [-0.2, 0) is 6.42 Å². The Labute approximate surface area is 139 Å². The molecule has 0 amide bonds. The fourth-order valence-electron chi connectivity index (χ4n) is 2.57. The highest BCUT2D eigenvalue weighted by atomic mass is 79.9. The molecule has 6 heteroatoms. The van der Waals surface area contributed by atoms with Gasteiger partial charge in [-0.05, 0) is 42.3 Å². The third-order valence-corrected chi connectivity index (χ3v) is 4.61. The standard InChI is InChI=1S/C17H11BrFN3O/c1-9-13(18)4-3-12-16(9)15(21-22-17(12)23)7-10-2-5-14(19)11(6-10)8-20/h2-6H,7H2,1H3,(H,22,23). The molecule has 4 nitrogen and oxygen atoms in total. The molecule has 23 heavy (non-hydrogen) atoms. The summed E-state index contributed by atoms with van der Waals surface area (Å²) in [6.07, 6.45) is 0.388. The van der Waals surface area contributed by atoms with Gasteiger partial charge in [-0.15, -0.1) is 0 Å². The Morgan fingerprint density at radius 3 is 2.87 bits per heavy atom. The molecule has 0 aliphatic carbocycles. The number of hydrogen-bond acceptors (Lipinski definition) is 3. The average Bonchev–Trinajstić information content (AvgIpc) is 2.55. The zero-order valence-corrected chi connectivity index (χ0v) is 13.7. The highest BCUT2D eigenvalue weighted by Crippen LogP contribution is 2.27. The first-order chi connectivity index (χ1) is 11.0. The molecule has 1 heterocycles. The van der Waals surface area contributed by atoms with Gasteiger partial charge in [0.2, 0.25) is 0 Å². The van der Waals surface area contributed by atoms with Crippen LogP contribution in [0.4, 0.5) is 4.39 Å². The lowest BCUT2D eigenvalue weighted by atomic mass is 10.00. The van der Waals surface area contributed by atoms with Crippen molar-refractivity contribution in [2.45, 2.75) is 13.3 Å². The van der Waals surface area contributed by atoms with E-state index in [1.54, 1.807) is 12.1 Å². The van der Waals surface area contributed by atoms with E-state index in [-0.39, 0.29) is 11.1 Å². The van der Waals surface area contributed by atoms with Gasteiger partial charge in [0.15, 0.2) is 0 Å². The molecule has 2 aromatic carbocycles. The number of aromatic amines is 1. The minimum absolute atomic E-state index is 0.00543. The van der Waals surface area contributed by atoms with Gasteiger partial charge in [-0.1, -0.05) is 22.0 Å². The SMILES string of the molecule is Cc1c(Br)ccc2c(=O)[nH]nc(Cc3ccc(F)c(C#N)c3)c12. The Hall–Kier alpha value is -2.52. The second kappa shape index (κ2) is 5.94. The summed E-state index contributed by atoms with van der Waals surface area (Å²) in [6.45, 7) is 1.91. The number of H-pyrrole nitrogens is 1. The number of hydrogen-bond donors (Lipinski definition) is 1. The van der Waals surface area contributed by atoms with Crippen LogP contribution < -0.4 is 5.56 Å². The summed E-state index contributed by atoms with van der Waals surface area (Å²) < 4.78 is 14.3. The van der Waals surface area contributed by atoms with E-state index in [0.29, 0.717) is 17.5 Å². The van der Waals surface area contributed by atoms with Gasteiger partial charge in [0.05, 0.1) is 16.6 Å². The van der Waals surface area contributed by atoms with E-state index in [9.17, 15) is 9.18 Å². The summed E-state index contributed by atoms with van der Waals surface area (Å²) in [5.74, 6) is -0.547. The smallest absolute Gasteiger partial charge is 0.267 e. The second-order valence-corrected chi connectivity index (χ2v) is 6.05. The first-order valence-electron chi connectivity index (χ1n) is 6.86. The van der Waals surface area contributed by atoms with Crippen LogP contribution in [0.1, 0.15) is 22.4 Å². The maximum Gasteiger partial charge on any atom is 0.272 e. The van der Waals surface area contributed by atoms with Gasteiger partial charge in [-0.25, -0.2) is 9.49 Å². The molecule has 1 N–H and O–H groups in total. The van der Waals surface area contributed by atoms with Gasteiger partial charge in [-0.3, -0.25) is 4.79 Å². The number of nitriles is 1. The molecular formula is C17H11BrFN3O. The summed E-state index contributed by atoms with van der Waals surface area (Å²) in [4.78, 5) is 12.0.